The molecule has 1 aliphatic heterocycles. The van der Waals surface area contributed by atoms with Crippen molar-refractivity contribution in [3.8, 4) is 0 Å². The molecule has 29 heavy (non-hydrogen) atoms. The minimum absolute atomic E-state index is 0.0306. The lowest BCUT2D eigenvalue weighted by molar-refractivity contribution is -0.147. The van der Waals surface area contributed by atoms with Crippen molar-refractivity contribution in [3.63, 3.8) is 0 Å². The lowest BCUT2D eigenvalue weighted by Gasteiger charge is -2.29. The first-order chi connectivity index (χ1) is 13.5. The van der Waals surface area contributed by atoms with Gasteiger partial charge in [0.05, 0.1) is 5.41 Å². The molecule has 1 saturated carbocycles. The Morgan fingerprint density at radius 2 is 1.76 bits per heavy atom. The number of halogens is 1. The van der Waals surface area contributed by atoms with Crippen molar-refractivity contribution in [2.75, 3.05) is 0 Å². The molecule has 2 aliphatic rings. The largest absolute Gasteiger partial charge is 0.298 e. The van der Waals surface area contributed by atoms with E-state index >= 15 is 0 Å². The van der Waals surface area contributed by atoms with E-state index in [-0.39, 0.29) is 18.1 Å². The summed E-state index contributed by atoms with van der Waals surface area (Å²) in [6, 6.07) is 0. The van der Waals surface area contributed by atoms with E-state index in [9.17, 15) is 23.6 Å². The highest BCUT2D eigenvalue weighted by atomic mass is 19.1. The Balaban J connectivity index is 0.000000504. The van der Waals surface area contributed by atoms with E-state index in [2.05, 4.69) is 18.5 Å². The Morgan fingerprint density at radius 3 is 2.14 bits per heavy atom. The SMILES string of the molecule is C=C/C(C(=O)CCCC)=C(/C=O)C(=C)C.CC.CC1(F)CC2(CC2)C(=O)NC1=O. The predicted octanol–water partition coefficient (Wildman–Crippen LogP) is 4.57. The van der Waals surface area contributed by atoms with Gasteiger partial charge in [-0.2, -0.15) is 0 Å². The predicted molar refractivity (Wildman–Crippen MR) is 113 cm³/mol. The number of unbranched alkanes of at least 4 members (excludes halogenated alkanes) is 1. The summed E-state index contributed by atoms with van der Waals surface area (Å²) in [5.74, 6) is -1.11. The maximum Gasteiger partial charge on any atom is 0.263 e. The standard InChI is InChI=1S/C13H18O2.C8H10FNO2.C2H6/c1-5-7-8-13(15)11(6-2)12(9-14)10(3)4;1-7(9)4-8(2-3-8)6(12)10-5(7)11;1-2/h6,9H,2-3,5,7-8H2,1,4H3;2-4H2,1H3,(H,10,11,12);1-2H3/b12-11+;;. The van der Waals surface area contributed by atoms with Gasteiger partial charge in [0.15, 0.2) is 17.7 Å². The van der Waals surface area contributed by atoms with Gasteiger partial charge in [-0.3, -0.25) is 24.5 Å². The maximum atomic E-state index is 13.4. The molecule has 0 aromatic rings. The van der Waals surface area contributed by atoms with Crippen LogP contribution in [0, 0.1) is 5.41 Å². The number of imide groups is 1. The summed E-state index contributed by atoms with van der Waals surface area (Å²) in [6.45, 7) is 16.2. The molecule has 1 N–H and O–H groups in total. The maximum absolute atomic E-state index is 13.4. The topological polar surface area (TPSA) is 80.3 Å². The van der Waals surface area contributed by atoms with E-state index < -0.39 is 17.0 Å². The van der Waals surface area contributed by atoms with E-state index in [0.29, 0.717) is 42.3 Å². The number of hydrogen-bond donors (Lipinski definition) is 1. The Bertz CT molecular complexity index is 686. The first-order valence-electron chi connectivity index (χ1n) is 10.1. The number of carbonyl (C=O) groups excluding carboxylic acids is 4. The van der Waals surface area contributed by atoms with Crippen LogP contribution in [0.1, 0.15) is 73.1 Å². The van der Waals surface area contributed by atoms with Gasteiger partial charge in [-0.25, -0.2) is 4.39 Å². The molecule has 0 radical (unpaired) electrons. The molecule has 0 aromatic heterocycles. The highest BCUT2D eigenvalue weighted by Gasteiger charge is 2.59. The second-order valence-corrected chi connectivity index (χ2v) is 7.39. The second-order valence-electron chi connectivity index (χ2n) is 7.39. The fourth-order valence-electron chi connectivity index (χ4n) is 2.96. The molecule has 0 bridgehead atoms. The summed E-state index contributed by atoms with van der Waals surface area (Å²) >= 11 is 0. The molecule has 5 nitrogen and oxygen atoms in total. The number of rotatable bonds is 7. The van der Waals surface area contributed by atoms with Crippen molar-refractivity contribution in [2.24, 2.45) is 5.41 Å². The molecule has 1 heterocycles. The van der Waals surface area contributed by atoms with E-state index in [1.165, 1.54) is 13.0 Å². The number of alkyl halides is 1. The van der Waals surface area contributed by atoms with Crippen LogP contribution in [-0.2, 0) is 19.2 Å². The summed E-state index contributed by atoms with van der Waals surface area (Å²) in [4.78, 5) is 44.6. The van der Waals surface area contributed by atoms with Crippen molar-refractivity contribution in [3.05, 3.63) is 36.0 Å². The number of aldehydes is 1. The number of hydrogen-bond acceptors (Lipinski definition) is 4. The first-order valence-corrected chi connectivity index (χ1v) is 10.1. The molecule has 162 valence electrons. The fraction of sp³-hybridized carbons (Fsp3) is 0.565. The van der Waals surface area contributed by atoms with Gasteiger partial charge in [-0.15, -0.1) is 0 Å². The monoisotopic (exact) mass is 407 g/mol. The minimum atomic E-state index is -1.86. The van der Waals surface area contributed by atoms with Crippen LogP contribution >= 0.6 is 0 Å². The van der Waals surface area contributed by atoms with Crippen LogP contribution in [0.25, 0.3) is 0 Å². The quantitative estimate of drug-likeness (QED) is 0.290. The summed E-state index contributed by atoms with van der Waals surface area (Å²) in [7, 11) is 0. The fourth-order valence-corrected chi connectivity index (χ4v) is 2.96. The van der Waals surface area contributed by atoms with Gasteiger partial charge in [-0.1, -0.05) is 46.4 Å². The molecule has 1 unspecified atom stereocenters. The van der Waals surface area contributed by atoms with Crippen molar-refractivity contribution in [1.29, 1.82) is 0 Å². The highest BCUT2D eigenvalue weighted by molar-refractivity contribution is 6.05. The average molecular weight is 408 g/mol. The van der Waals surface area contributed by atoms with Gasteiger partial charge in [0.2, 0.25) is 5.91 Å². The molecular formula is C23H34FNO4. The first kappa shape index (κ1) is 26.6. The van der Waals surface area contributed by atoms with Crippen molar-refractivity contribution in [2.45, 2.75) is 78.8 Å². The number of allylic oxidation sites excluding steroid dienone is 4. The zero-order valence-electron chi connectivity index (χ0n) is 18.3. The molecule has 2 rings (SSSR count). The molecule has 2 fully saturated rings. The van der Waals surface area contributed by atoms with Crippen LogP contribution in [0.2, 0.25) is 0 Å². The van der Waals surface area contributed by atoms with Gasteiger partial charge < -0.3 is 0 Å². The minimum Gasteiger partial charge on any atom is -0.298 e. The van der Waals surface area contributed by atoms with Crippen LogP contribution in [0.4, 0.5) is 4.39 Å². The van der Waals surface area contributed by atoms with Crippen molar-refractivity contribution in [1.82, 2.24) is 5.32 Å². The van der Waals surface area contributed by atoms with Crippen LogP contribution in [0.3, 0.4) is 0 Å². The Hall–Kier alpha value is -2.37. The second kappa shape index (κ2) is 11.6. The van der Waals surface area contributed by atoms with Crippen LogP contribution in [0.15, 0.2) is 36.0 Å². The lowest BCUT2D eigenvalue weighted by atomic mass is 9.85. The van der Waals surface area contributed by atoms with Gasteiger partial charge in [0, 0.05) is 24.0 Å². The number of ketones is 1. The summed E-state index contributed by atoms with van der Waals surface area (Å²) < 4.78 is 13.4. The van der Waals surface area contributed by atoms with E-state index in [1.54, 1.807) is 6.92 Å². The third-order valence-electron chi connectivity index (χ3n) is 4.84. The van der Waals surface area contributed by atoms with Crippen molar-refractivity contribution >= 4 is 23.9 Å². The lowest BCUT2D eigenvalue weighted by Crippen LogP contribution is -2.54. The Labute approximate surface area is 173 Å². The number of piperidine rings is 1. The summed E-state index contributed by atoms with van der Waals surface area (Å²) in [6.07, 6.45) is 5.85. The zero-order valence-corrected chi connectivity index (χ0v) is 18.3. The molecular weight excluding hydrogens is 373 g/mol. The van der Waals surface area contributed by atoms with Crippen LogP contribution < -0.4 is 5.32 Å². The van der Waals surface area contributed by atoms with Gasteiger partial charge >= 0.3 is 0 Å². The summed E-state index contributed by atoms with van der Waals surface area (Å²) in [5, 5.41) is 2.07. The van der Waals surface area contributed by atoms with Gasteiger partial charge in [0.1, 0.15) is 0 Å². The van der Waals surface area contributed by atoms with Gasteiger partial charge in [-0.05, 0) is 38.7 Å². The molecule has 1 atom stereocenters. The number of nitrogens with one attached hydrogen (secondary N) is 1. The Kier molecular flexibility index (Phi) is 10.6. The molecule has 6 heteroatoms. The smallest absolute Gasteiger partial charge is 0.263 e. The molecule has 1 spiro atoms. The highest BCUT2D eigenvalue weighted by Crippen LogP contribution is 2.54. The average Bonchev–Trinajstić information content (AvgIpc) is 3.44. The molecule has 1 saturated heterocycles. The van der Waals surface area contributed by atoms with E-state index in [0.717, 1.165) is 12.8 Å². The zero-order chi connectivity index (χ0) is 22.8. The van der Waals surface area contributed by atoms with E-state index in [1.807, 2.05) is 20.8 Å². The third-order valence-corrected chi connectivity index (χ3v) is 4.84. The molecule has 2 amide bonds. The molecule has 1 aliphatic carbocycles. The normalized spacial score (nSPS) is 22.0. The van der Waals surface area contributed by atoms with Crippen molar-refractivity contribution < 1.29 is 23.6 Å². The molecule has 0 aromatic carbocycles. The summed E-state index contributed by atoms with van der Waals surface area (Å²) in [5.41, 5.74) is -1.04. The Morgan fingerprint density at radius 1 is 1.21 bits per heavy atom. The van der Waals surface area contributed by atoms with Crippen LogP contribution in [0.5, 0.6) is 0 Å². The number of carbonyl (C=O) groups is 4. The van der Waals surface area contributed by atoms with Crippen LogP contribution in [-0.4, -0.2) is 29.6 Å². The van der Waals surface area contributed by atoms with Gasteiger partial charge in [0.25, 0.3) is 5.91 Å². The van der Waals surface area contributed by atoms with E-state index in [4.69, 9.17) is 0 Å². The third kappa shape index (κ3) is 7.18. The number of Topliss-reactive ketones (excluding diaryl/α,β-unsaturated/α-hetero) is 1. The number of amides is 2.